The number of methoxy groups -OCH3 is 1. The first-order valence-electron chi connectivity index (χ1n) is 12.8. The molecule has 0 saturated heterocycles. The Morgan fingerprint density at radius 3 is 2.41 bits per heavy atom. The molecule has 3 unspecified atom stereocenters. The van der Waals surface area contributed by atoms with Gasteiger partial charge in [-0.25, -0.2) is 13.2 Å². The maximum absolute atomic E-state index is 14.1. The van der Waals surface area contributed by atoms with Gasteiger partial charge in [-0.1, -0.05) is 51.1 Å². The van der Waals surface area contributed by atoms with E-state index in [4.69, 9.17) is 14.2 Å². The molecule has 4 rings (SSSR count). The molecule has 3 atom stereocenters. The zero-order chi connectivity index (χ0) is 28.3. The van der Waals surface area contributed by atoms with Gasteiger partial charge in [-0.05, 0) is 59.2 Å². The number of rotatable bonds is 11. The third-order valence-corrected chi connectivity index (χ3v) is 8.16. The highest BCUT2D eigenvalue weighted by molar-refractivity contribution is 7.99. The van der Waals surface area contributed by atoms with Crippen molar-refractivity contribution in [3.8, 4) is 11.5 Å². The van der Waals surface area contributed by atoms with Crippen LogP contribution in [0.4, 0.5) is 13.2 Å². The second-order valence-electron chi connectivity index (χ2n) is 10.2. The summed E-state index contributed by atoms with van der Waals surface area (Å²) in [6.45, 7) is 7.66. The Hall–Kier alpha value is -3.13. The predicted octanol–water partition coefficient (Wildman–Crippen LogP) is 7.80. The molecule has 208 valence electrons. The fourth-order valence-corrected chi connectivity index (χ4v) is 5.63. The Labute approximate surface area is 231 Å². The summed E-state index contributed by atoms with van der Waals surface area (Å²) in [5.74, 6) is -0.330. The first kappa shape index (κ1) is 28.9. The molecule has 8 heteroatoms. The van der Waals surface area contributed by atoms with E-state index < -0.39 is 35.5 Å². The summed E-state index contributed by atoms with van der Waals surface area (Å²) in [6, 6.07) is 15.9. The van der Waals surface area contributed by atoms with Crippen LogP contribution in [0.3, 0.4) is 0 Å². The lowest BCUT2D eigenvalue weighted by molar-refractivity contribution is -0.147. The van der Waals surface area contributed by atoms with Crippen molar-refractivity contribution in [3.05, 3.63) is 88.7 Å². The maximum Gasteiger partial charge on any atom is 0.313 e. The second kappa shape index (κ2) is 11.9. The number of hydrogen-bond acceptors (Lipinski definition) is 5. The van der Waals surface area contributed by atoms with Gasteiger partial charge in [0.25, 0.3) is 0 Å². The fourth-order valence-electron chi connectivity index (χ4n) is 4.87. The molecule has 0 N–H and O–H groups in total. The van der Waals surface area contributed by atoms with Crippen LogP contribution in [0.1, 0.15) is 48.9 Å². The van der Waals surface area contributed by atoms with E-state index in [-0.39, 0.29) is 12.7 Å². The highest BCUT2D eigenvalue weighted by atomic mass is 32.2. The first-order chi connectivity index (χ1) is 18.6. The molecule has 1 aliphatic rings. The number of benzene rings is 3. The van der Waals surface area contributed by atoms with Gasteiger partial charge in [0.05, 0.1) is 13.0 Å². The summed E-state index contributed by atoms with van der Waals surface area (Å²) in [5.41, 5.74) is 1.58. The summed E-state index contributed by atoms with van der Waals surface area (Å²) >= 11 is 1.67. The van der Waals surface area contributed by atoms with Crippen LogP contribution in [-0.4, -0.2) is 31.4 Å². The van der Waals surface area contributed by atoms with Gasteiger partial charge >= 0.3 is 5.97 Å². The van der Waals surface area contributed by atoms with Gasteiger partial charge in [0.2, 0.25) is 6.43 Å². The summed E-state index contributed by atoms with van der Waals surface area (Å²) in [4.78, 5) is 14.0. The smallest absolute Gasteiger partial charge is 0.313 e. The number of carbonyl (C=O) groups excluding carboxylic acids is 1. The second-order valence-corrected chi connectivity index (χ2v) is 11.6. The maximum atomic E-state index is 14.1. The Bertz CT molecular complexity index is 1310. The average molecular weight is 559 g/mol. The van der Waals surface area contributed by atoms with E-state index in [1.54, 1.807) is 44.0 Å². The molecule has 0 amide bonds. The minimum absolute atomic E-state index is 0.0540. The molecule has 39 heavy (non-hydrogen) atoms. The molecular weight excluding hydrogens is 525 g/mol. The van der Waals surface area contributed by atoms with Crippen molar-refractivity contribution in [2.45, 2.75) is 57.6 Å². The number of carbonyl (C=O) groups is 1. The van der Waals surface area contributed by atoms with E-state index in [0.29, 0.717) is 28.0 Å². The summed E-state index contributed by atoms with van der Waals surface area (Å²) in [6.07, 6.45) is -3.06. The highest BCUT2D eigenvalue weighted by Gasteiger charge is 2.65. The molecule has 1 fully saturated rings. The van der Waals surface area contributed by atoms with Crippen LogP contribution in [0, 0.1) is 24.1 Å². The predicted molar refractivity (Wildman–Crippen MR) is 146 cm³/mol. The molecule has 0 radical (unpaired) electrons. The van der Waals surface area contributed by atoms with E-state index in [9.17, 15) is 18.0 Å². The van der Waals surface area contributed by atoms with Crippen LogP contribution >= 0.6 is 11.8 Å². The number of esters is 1. The lowest BCUT2D eigenvalue weighted by Crippen LogP contribution is -2.14. The van der Waals surface area contributed by atoms with Gasteiger partial charge in [-0.2, -0.15) is 0 Å². The average Bonchev–Trinajstić information content (AvgIpc) is 3.45. The summed E-state index contributed by atoms with van der Waals surface area (Å²) in [7, 11) is 1.61. The standard InChI is InChI=1S/C31H33F3O4S/c1-6-39-25-14-13-22(16-24(25)36-5)38-28-27(31(28,3)4)30(35)37-17-19-8-7-18(2)23(15-19)26(29(33)34)20-9-11-21(32)12-10-20/h7-16,26-29H,6,17H2,1-5H3. The van der Waals surface area contributed by atoms with Gasteiger partial charge < -0.3 is 14.2 Å². The van der Waals surface area contributed by atoms with Crippen molar-refractivity contribution in [1.82, 2.24) is 0 Å². The molecule has 4 nitrogen and oxygen atoms in total. The lowest BCUT2D eigenvalue weighted by atomic mass is 9.87. The fraction of sp³-hybridized carbons (Fsp3) is 0.387. The number of alkyl halides is 2. The summed E-state index contributed by atoms with van der Waals surface area (Å²) in [5, 5.41) is 0. The zero-order valence-corrected chi connectivity index (χ0v) is 23.5. The first-order valence-corrected chi connectivity index (χ1v) is 13.8. The van der Waals surface area contributed by atoms with Crippen LogP contribution in [-0.2, 0) is 16.1 Å². The van der Waals surface area contributed by atoms with Gasteiger partial charge in [-0.3, -0.25) is 4.79 Å². The van der Waals surface area contributed by atoms with Crippen LogP contribution in [0.5, 0.6) is 11.5 Å². The molecule has 0 aliphatic heterocycles. The monoisotopic (exact) mass is 558 g/mol. The third kappa shape index (κ3) is 6.38. The Morgan fingerprint density at radius 2 is 1.77 bits per heavy atom. The zero-order valence-electron chi connectivity index (χ0n) is 22.7. The normalized spacial score (nSPS) is 18.5. The molecule has 0 heterocycles. The topological polar surface area (TPSA) is 44.8 Å². The lowest BCUT2D eigenvalue weighted by Gasteiger charge is -2.20. The Kier molecular flexibility index (Phi) is 8.84. The van der Waals surface area contributed by atoms with Crippen LogP contribution < -0.4 is 9.47 Å². The Morgan fingerprint density at radius 1 is 1.05 bits per heavy atom. The molecule has 1 saturated carbocycles. The quantitative estimate of drug-likeness (QED) is 0.178. The molecular formula is C31H33F3O4S. The highest BCUT2D eigenvalue weighted by Crippen LogP contribution is 2.55. The molecule has 0 bridgehead atoms. The van der Waals surface area contributed by atoms with Gasteiger partial charge in [-0.15, -0.1) is 11.8 Å². The molecule has 0 spiro atoms. The largest absolute Gasteiger partial charge is 0.495 e. The Balaban J connectivity index is 1.44. The number of halogens is 3. The van der Waals surface area contributed by atoms with Crippen molar-refractivity contribution in [1.29, 1.82) is 0 Å². The van der Waals surface area contributed by atoms with Gasteiger partial charge in [0.15, 0.2) is 0 Å². The van der Waals surface area contributed by atoms with Crippen molar-refractivity contribution >= 4 is 17.7 Å². The van der Waals surface area contributed by atoms with Crippen LogP contribution in [0.25, 0.3) is 0 Å². The van der Waals surface area contributed by atoms with E-state index in [1.807, 2.05) is 32.0 Å². The van der Waals surface area contributed by atoms with Crippen molar-refractivity contribution in [3.63, 3.8) is 0 Å². The molecule has 3 aromatic rings. The minimum atomic E-state index is -2.69. The molecule has 3 aromatic carbocycles. The number of thioether (sulfide) groups is 1. The van der Waals surface area contributed by atoms with Crippen molar-refractivity contribution in [2.24, 2.45) is 11.3 Å². The number of hydrogen-bond donors (Lipinski definition) is 0. The van der Waals surface area contributed by atoms with E-state index >= 15 is 0 Å². The molecule has 1 aliphatic carbocycles. The van der Waals surface area contributed by atoms with E-state index in [2.05, 4.69) is 6.92 Å². The SMILES string of the molecule is CCSc1ccc(OC2C(C(=O)OCc3ccc(C)c(C(c4ccc(F)cc4)C(F)F)c3)C2(C)C)cc1OC. The third-order valence-electron chi connectivity index (χ3n) is 7.22. The van der Waals surface area contributed by atoms with Crippen LogP contribution in [0.2, 0.25) is 0 Å². The van der Waals surface area contributed by atoms with Crippen LogP contribution in [0.15, 0.2) is 65.6 Å². The minimum Gasteiger partial charge on any atom is -0.495 e. The van der Waals surface area contributed by atoms with E-state index in [1.165, 1.54) is 24.3 Å². The molecule has 0 aromatic heterocycles. The number of ether oxygens (including phenoxy) is 3. The number of aryl methyl sites for hydroxylation is 1. The van der Waals surface area contributed by atoms with Gasteiger partial charge in [0, 0.05) is 16.4 Å². The summed E-state index contributed by atoms with van der Waals surface area (Å²) < 4.78 is 58.9. The van der Waals surface area contributed by atoms with Gasteiger partial charge in [0.1, 0.15) is 35.9 Å². The van der Waals surface area contributed by atoms with Crippen molar-refractivity contribution < 1.29 is 32.2 Å². The van der Waals surface area contributed by atoms with Crippen molar-refractivity contribution in [2.75, 3.05) is 12.9 Å². The van der Waals surface area contributed by atoms with E-state index in [0.717, 1.165) is 16.4 Å².